The standard InChI is InChI=1S/C20H22INO2/c1-14(16-7-6-15-4-2-3-5-17(15)12-16)22-20(23)13-24-19-10-8-18(21)9-11-19/h6-12,14H,2-5,13H2,1H3,(H,22,23). The van der Waals surface area contributed by atoms with Crippen LogP contribution in [0.5, 0.6) is 5.75 Å². The Hall–Kier alpha value is -1.56. The summed E-state index contributed by atoms with van der Waals surface area (Å²) in [4.78, 5) is 12.1. The number of amides is 1. The number of benzene rings is 2. The van der Waals surface area contributed by atoms with E-state index in [-0.39, 0.29) is 18.6 Å². The van der Waals surface area contributed by atoms with Crippen molar-refractivity contribution in [2.75, 3.05) is 6.61 Å². The summed E-state index contributed by atoms with van der Waals surface area (Å²) in [5.41, 5.74) is 4.07. The van der Waals surface area contributed by atoms with Gasteiger partial charge in [-0.15, -0.1) is 0 Å². The fourth-order valence-corrected chi connectivity index (χ4v) is 3.43. The summed E-state index contributed by atoms with van der Waals surface area (Å²) in [6.07, 6.45) is 4.88. The van der Waals surface area contributed by atoms with Crippen LogP contribution in [0.15, 0.2) is 42.5 Å². The molecule has 0 saturated heterocycles. The molecule has 0 bridgehead atoms. The molecule has 126 valence electrons. The van der Waals surface area contributed by atoms with Crippen molar-refractivity contribution in [3.63, 3.8) is 0 Å². The third-order valence-electron chi connectivity index (χ3n) is 4.43. The van der Waals surface area contributed by atoms with E-state index < -0.39 is 0 Å². The van der Waals surface area contributed by atoms with Gasteiger partial charge >= 0.3 is 0 Å². The van der Waals surface area contributed by atoms with Crippen LogP contribution in [0.4, 0.5) is 0 Å². The summed E-state index contributed by atoms with van der Waals surface area (Å²) >= 11 is 2.24. The van der Waals surface area contributed by atoms with Crippen LogP contribution in [-0.2, 0) is 17.6 Å². The van der Waals surface area contributed by atoms with Crippen LogP contribution in [0.3, 0.4) is 0 Å². The van der Waals surface area contributed by atoms with E-state index >= 15 is 0 Å². The second-order valence-corrected chi connectivity index (χ2v) is 7.51. The first kappa shape index (κ1) is 17.3. The normalized spacial score (nSPS) is 14.6. The van der Waals surface area contributed by atoms with Gasteiger partial charge in [-0.05, 0) is 96.2 Å². The third-order valence-corrected chi connectivity index (χ3v) is 5.15. The average Bonchev–Trinajstić information content (AvgIpc) is 2.61. The van der Waals surface area contributed by atoms with Gasteiger partial charge in [0.15, 0.2) is 6.61 Å². The van der Waals surface area contributed by atoms with Crippen molar-refractivity contribution in [3.05, 3.63) is 62.7 Å². The number of rotatable bonds is 5. The number of ether oxygens (including phenoxy) is 1. The molecule has 2 aromatic carbocycles. The van der Waals surface area contributed by atoms with Crippen molar-refractivity contribution in [2.24, 2.45) is 0 Å². The van der Waals surface area contributed by atoms with Gasteiger partial charge in [0.05, 0.1) is 6.04 Å². The Labute approximate surface area is 156 Å². The largest absolute Gasteiger partial charge is 0.484 e. The summed E-state index contributed by atoms with van der Waals surface area (Å²) in [5, 5.41) is 3.02. The van der Waals surface area contributed by atoms with Gasteiger partial charge in [-0.2, -0.15) is 0 Å². The second kappa shape index (κ2) is 8.01. The Morgan fingerprint density at radius 2 is 1.83 bits per heavy atom. The highest BCUT2D eigenvalue weighted by Crippen LogP contribution is 2.24. The van der Waals surface area contributed by atoms with Crippen molar-refractivity contribution in [3.8, 4) is 5.75 Å². The minimum absolute atomic E-state index is 0.00921. The van der Waals surface area contributed by atoms with E-state index in [2.05, 4.69) is 46.1 Å². The smallest absolute Gasteiger partial charge is 0.258 e. The molecule has 2 aromatic rings. The summed E-state index contributed by atoms with van der Waals surface area (Å²) < 4.78 is 6.68. The van der Waals surface area contributed by atoms with Gasteiger partial charge in [-0.1, -0.05) is 18.2 Å². The van der Waals surface area contributed by atoms with Crippen LogP contribution in [0.25, 0.3) is 0 Å². The highest BCUT2D eigenvalue weighted by Gasteiger charge is 2.14. The van der Waals surface area contributed by atoms with E-state index in [1.807, 2.05) is 31.2 Å². The van der Waals surface area contributed by atoms with E-state index in [1.165, 1.54) is 36.0 Å². The summed E-state index contributed by atoms with van der Waals surface area (Å²) in [6, 6.07) is 14.3. The van der Waals surface area contributed by atoms with Crippen LogP contribution in [-0.4, -0.2) is 12.5 Å². The minimum atomic E-state index is -0.0984. The number of aryl methyl sites for hydroxylation is 2. The van der Waals surface area contributed by atoms with Gasteiger partial charge < -0.3 is 10.1 Å². The quantitative estimate of drug-likeness (QED) is 0.706. The third kappa shape index (κ3) is 4.50. The molecule has 0 aromatic heterocycles. The van der Waals surface area contributed by atoms with Crippen LogP contribution >= 0.6 is 22.6 Å². The van der Waals surface area contributed by atoms with E-state index in [1.54, 1.807) is 0 Å². The summed E-state index contributed by atoms with van der Waals surface area (Å²) in [7, 11) is 0. The van der Waals surface area contributed by atoms with Gasteiger partial charge in [-0.25, -0.2) is 0 Å². The molecule has 0 aliphatic heterocycles. The van der Waals surface area contributed by atoms with Crippen molar-refractivity contribution < 1.29 is 9.53 Å². The number of halogens is 1. The molecule has 4 heteroatoms. The first-order chi connectivity index (χ1) is 11.6. The number of hydrogen-bond donors (Lipinski definition) is 1. The molecule has 24 heavy (non-hydrogen) atoms. The monoisotopic (exact) mass is 435 g/mol. The van der Waals surface area contributed by atoms with E-state index in [0.29, 0.717) is 5.75 Å². The van der Waals surface area contributed by atoms with Gasteiger partial charge in [-0.3, -0.25) is 4.79 Å². The maximum absolute atomic E-state index is 12.1. The van der Waals surface area contributed by atoms with E-state index in [4.69, 9.17) is 4.74 Å². The molecule has 0 heterocycles. The zero-order valence-corrected chi connectivity index (χ0v) is 16.0. The zero-order valence-electron chi connectivity index (χ0n) is 13.8. The molecule has 1 atom stereocenters. The highest BCUT2D eigenvalue weighted by atomic mass is 127. The lowest BCUT2D eigenvalue weighted by Gasteiger charge is -2.20. The molecule has 0 spiro atoms. The van der Waals surface area contributed by atoms with Crippen LogP contribution < -0.4 is 10.1 Å². The number of fused-ring (bicyclic) bond motifs is 1. The molecule has 1 N–H and O–H groups in total. The molecule has 1 unspecified atom stereocenters. The first-order valence-corrected chi connectivity index (χ1v) is 9.49. The Balaban J connectivity index is 1.55. The molecular formula is C20H22INO2. The topological polar surface area (TPSA) is 38.3 Å². The van der Waals surface area contributed by atoms with E-state index in [9.17, 15) is 4.79 Å². The van der Waals surface area contributed by atoms with Crippen LogP contribution in [0.1, 0.15) is 42.5 Å². The molecule has 0 saturated carbocycles. The fraction of sp³-hybridized carbons (Fsp3) is 0.350. The van der Waals surface area contributed by atoms with Crippen molar-refractivity contribution in [2.45, 2.75) is 38.6 Å². The predicted molar refractivity (Wildman–Crippen MR) is 104 cm³/mol. The van der Waals surface area contributed by atoms with Gasteiger partial charge in [0.25, 0.3) is 5.91 Å². The van der Waals surface area contributed by atoms with Crippen molar-refractivity contribution in [1.29, 1.82) is 0 Å². The Kier molecular flexibility index (Phi) is 5.76. The van der Waals surface area contributed by atoms with Gasteiger partial charge in [0, 0.05) is 3.57 Å². The van der Waals surface area contributed by atoms with E-state index in [0.717, 1.165) is 9.99 Å². The highest BCUT2D eigenvalue weighted by molar-refractivity contribution is 14.1. The Bertz CT molecular complexity index is 712. The average molecular weight is 435 g/mol. The van der Waals surface area contributed by atoms with Crippen molar-refractivity contribution in [1.82, 2.24) is 5.32 Å². The Morgan fingerprint density at radius 1 is 1.12 bits per heavy atom. The zero-order chi connectivity index (χ0) is 16.9. The number of nitrogens with one attached hydrogen (secondary N) is 1. The molecule has 1 aliphatic carbocycles. The number of carbonyl (C=O) groups is 1. The minimum Gasteiger partial charge on any atom is -0.484 e. The summed E-state index contributed by atoms with van der Waals surface area (Å²) in [5.74, 6) is 0.616. The molecule has 0 fully saturated rings. The number of hydrogen-bond acceptors (Lipinski definition) is 2. The van der Waals surface area contributed by atoms with Crippen molar-refractivity contribution >= 4 is 28.5 Å². The fourth-order valence-electron chi connectivity index (χ4n) is 3.07. The molecule has 3 nitrogen and oxygen atoms in total. The molecule has 1 amide bonds. The lowest BCUT2D eigenvalue weighted by atomic mass is 9.89. The van der Waals surface area contributed by atoms with Crippen LogP contribution in [0, 0.1) is 3.57 Å². The lowest BCUT2D eigenvalue weighted by Crippen LogP contribution is -2.31. The SMILES string of the molecule is CC(NC(=O)COc1ccc(I)cc1)c1ccc2c(c1)CCCC2. The Morgan fingerprint density at radius 3 is 2.58 bits per heavy atom. The molecule has 1 aliphatic rings. The van der Waals surface area contributed by atoms with Gasteiger partial charge in [0.1, 0.15) is 5.75 Å². The first-order valence-electron chi connectivity index (χ1n) is 8.41. The lowest BCUT2D eigenvalue weighted by molar-refractivity contribution is -0.123. The molecular weight excluding hydrogens is 413 g/mol. The molecule has 3 rings (SSSR count). The summed E-state index contributed by atoms with van der Waals surface area (Å²) in [6.45, 7) is 2.06. The molecule has 0 radical (unpaired) electrons. The predicted octanol–water partition coefficient (Wildman–Crippen LogP) is 4.43. The number of carbonyl (C=O) groups excluding carboxylic acids is 1. The maximum atomic E-state index is 12.1. The van der Waals surface area contributed by atoms with Crippen LogP contribution in [0.2, 0.25) is 0 Å². The maximum Gasteiger partial charge on any atom is 0.258 e. The second-order valence-electron chi connectivity index (χ2n) is 6.27. The van der Waals surface area contributed by atoms with Gasteiger partial charge in [0.2, 0.25) is 0 Å².